The average molecular weight is 313 g/mol. The highest BCUT2D eigenvalue weighted by molar-refractivity contribution is 5.85. The van der Waals surface area contributed by atoms with Gasteiger partial charge in [-0.25, -0.2) is 14.3 Å². The molecule has 2 heterocycles. The van der Waals surface area contributed by atoms with E-state index in [0.29, 0.717) is 11.3 Å². The number of nitro groups is 1. The number of benzene rings is 1. The minimum Gasteiger partial charge on any atom is -0.455 e. The van der Waals surface area contributed by atoms with Crippen LogP contribution in [0.2, 0.25) is 0 Å². The van der Waals surface area contributed by atoms with E-state index in [0.717, 1.165) is 5.69 Å². The van der Waals surface area contributed by atoms with Gasteiger partial charge < -0.3 is 4.74 Å². The maximum atomic E-state index is 12.0. The Bertz CT molecular complexity index is 905. The highest BCUT2D eigenvalue weighted by Crippen LogP contribution is 2.14. The molecule has 0 N–H and O–H groups in total. The largest absolute Gasteiger partial charge is 0.455 e. The molecular weight excluding hydrogens is 302 g/mol. The number of carbonyl (C=O) groups is 1. The number of nitro benzene ring substituents is 1. The molecule has 0 bridgehead atoms. The summed E-state index contributed by atoms with van der Waals surface area (Å²) in [6, 6.07) is 7.60. The Morgan fingerprint density at radius 3 is 2.96 bits per heavy atom. The molecule has 23 heavy (non-hydrogen) atoms. The monoisotopic (exact) mass is 313 g/mol. The minimum atomic E-state index is -0.721. The molecule has 0 radical (unpaired) electrons. The molecule has 3 aromatic rings. The van der Waals surface area contributed by atoms with Gasteiger partial charge in [-0.3, -0.25) is 10.1 Å². The number of aryl methyl sites for hydroxylation is 1. The predicted molar refractivity (Wildman–Crippen MR) is 77.7 cm³/mol. The first kappa shape index (κ1) is 14.6. The van der Waals surface area contributed by atoms with Crippen molar-refractivity contribution in [2.75, 3.05) is 0 Å². The maximum absolute atomic E-state index is 12.0. The fourth-order valence-electron chi connectivity index (χ4n) is 1.97. The molecule has 0 saturated carbocycles. The van der Waals surface area contributed by atoms with Crippen LogP contribution < -0.4 is 0 Å². The topological polar surface area (TPSA) is 113 Å². The Kier molecular flexibility index (Phi) is 3.67. The van der Waals surface area contributed by atoms with Crippen LogP contribution >= 0.6 is 0 Å². The smallest absolute Gasteiger partial charge is 0.378 e. The van der Waals surface area contributed by atoms with Crippen molar-refractivity contribution in [3.8, 4) is 0 Å². The van der Waals surface area contributed by atoms with Crippen LogP contribution in [0.1, 0.15) is 21.9 Å². The minimum absolute atomic E-state index is 0.0655. The number of hydrogen-bond acceptors (Lipinski definition) is 7. The Balaban J connectivity index is 1.75. The Morgan fingerprint density at radius 1 is 1.39 bits per heavy atom. The standard InChI is InChI=1S/C14H11N5O4/c1-9-5-6-15-14-16-12(17-18(9)14)13(20)23-8-10-3-2-4-11(7-10)19(21)22/h2-7H,8H2,1H3. The summed E-state index contributed by atoms with van der Waals surface area (Å²) in [6.45, 7) is 1.70. The molecule has 0 saturated heterocycles. The number of hydrogen-bond donors (Lipinski definition) is 0. The fraction of sp³-hybridized carbons (Fsp3) is 0.143. The van der Waals surface area contributed by atoms with Crippen molar-refractivity contribution in [2.45, 2.75) is 13.5 Å². The second kappa shape index (κ2) is 5.79. The zero-order valence-electron chi connectivity index (χ0n) is 12.0. The van der Waals surface area contributed by atoms with Crippen molar-refractivity contribution in [2.24, 2.45) is 0 Å². The van der Waals surface area contributed by atoms with Crippen LogP contribution in [-0.2, 0) is 11.3 Å². The van der Waals surface area contributed by atoms with Crippen LogP contribution in [0.3, 0.4) is 0 Å². The molecule has 0 aliphatic heterocycles. The van der Waals surface area contributed by atoms with E-state index in [1.54, 1.807) is 18.3 Å². The summed E-state index contributed by atoms with van der Waals surface area (Å²) in [6.07, 6.45) is 1.57. The van der Waals surface area contributed by atoms with Crippen molar-refractivity contribution < 1.29 is 14.5 Å². The van der Waals surface area contributed by atoms with Gasteiger partial charge in [-0.05, 0) is 18.6 Å². The van der Waals surface area contributed by atoms with Gasteiger partial charge in [0.25, 0.3) is 17.3 Å². The summed E-state index contributed by atoms with van der Waals surface area (Å²) < 4.78 is 6.53. The van der Waals surface area contributed by atoms with E-state index in [1.807, 2.05) is 6.92 Å². The molecule has 3 rings (SSSR count). The molecule has 0 spiro atoms. The SMILES string of the molecule is Cc1ccnc2nc(C(=O)OCc3cccc([N+](=O)[O-])c3)nn12. The van der Waals surface area contributed by atoms with Crippen LogP contribution in [0.4, 0.5) is 5.69 Å². The van der Waals surface area contributed by atoms with Crippen molar-refractivity contribution in [3.63, 3.8) is 0 Å². The van der Waals surface area contributed by atoms with E-state index in [2.05, 4.69) is 15.1 Å². The molecule has 0 fully saturated rings. The summed E-state index contributed by atoms with van der Waals surface area (Å²) in [4.78, 5) is 30.2. The van der Waals surface area contributed by atoms with Gasteiger partial charge in [-0.2, -0.15) is 4.98 Å². The third-order valence-corrected chi connectivity index (χ3v) is 3.10. The molecule has 0 aliphatic rings. The van der Waals surface area contributed by atoms with Gasteiger partial charge in [-0.15, -0.1) is 5.10 Å². The van der Waals surface area contributed by atoms with Crippen molar-refractivity contribution >= 4 is 17.4 Å². The first-order valence-corrected chi connectivity index (χ1v) is 6.63. The van der Waals surface area contributed by atoms with E-state index in [-0.39, 0.29) is 18.1 Å². The molecule has 9 heteroatoms. The molecule has 9 nitrogen and oxygen atoms in total. The predicted octanol–water partition coefficient (Wildman–Crippen LogP) is 1.70. The van der Waals surface area contributed by atoms with Crippen LogP contribution in [0.5, 0.6) is 0 Å². The van der Waals surface area contributed by atoms with Crippen molar-refractivity contribution in [3.05, 3.63) is 63.7 Å². The highest BCUT2D eigenvalue weighted by atomic mass is 16.6. The van der Waals surface area contributed by atoms with Gasteiger partial charge in [0.1, 0.15) is 6.61 Å². The van der Waals surface area contributed by atoms with Crippen LogP contribution in [0, 0.1) is 17.0 Å². The number of nitrogens with zero attached hydrogens (tertiary/aromatic N) is 5. The lowest BCUT2D eigenvalue weighted by Crippen LogP contribution is -2.08. The van der Waals surface area contributed by atoms with Crippen molar-refractivity contribution in [1.82, 2.24) is 19.6 Å². The number of carbonyl (C=O) groups excluding carboxylic acids is 1. The zero-order valence-corrected chi connectivity index (χ0v) is 12.0. The van der Waals surface area contributed by atoms with Crippen LogP contribution in [0.25, 0.3) is 5.78 Å². The third kappa shape index (κ3) is 2.98. The Hall–Kier alpha value is -3.36. The summed E-state index contributed by atoms with van der Waals surface area (Å²) in [7, 11) is 0. The second-order valence-corrected chi connectivity index (χ2v) is 4.74. The lowest BCUT2D eigenvalue weighted by molar-refractivity contribution is -0.384. The number of non-ortho nitro benzene ring substituents is 1. The van der Waals surface area contributed by atoms with Gasteiger partial charge in [0.2, 0.25) is 0 Å². The first-order chi connectivity index (χ1) is 11.0. The Morgan fingerprint density at radius 2 is 2.22 bits per heavy atom. The second-order valence-electron chi connectivity index (χ2n) is 4.74. The zero-order chi connectivity index (χ0) is 16.4. The third-order valence-electron chi connectivity index (χ3n) is 3.10. The average Bonchev–Trinajstić information content (AvgIpc) is 2.98. The number of aromatic nitrogens is 4. The molecule has 0 unspecified atom stereocenters. The lowest BCUT2D eigenvalue weighted by Gasteiger charge is -2.02. The number of fused-ring (bicyclic) bond motifs is 1. The summed E-state index contributed by atoms with van der Waals surface area (Å²) in [5, 5.41) is 14.7. The fourth-order valence-corrected chi connectivity index (χ4v) is 1.97. The molecule has 116 valence electrons. The molecule has 0 aliphatic carbocycles. The van der Waals surface area contributed by atoms with Gasteiger partial charge in [0.05, 0.1) is 4.92 Å². The summed E-state index contributed by atoms with van der Waals surface area (Å²) in [5.41, 5.74) is 1.22. The summed E-state index contributed by atoms with van der Waals surface area (Å²) >= 11 is 0. The number of ether oxygens (including phenoxy) is 1. The molecule has 2 aromatic heterocycles. The molecular formula is C14H11N5O4. The van der Waals surface area contributed by atoms with E-state index < -0.39 is 10.9 Å². The van der Waals surface area contributed by atoms with Gasteiger partial charge >= 0.3 is 5.97 Å². The van der Waals surface area contributed by atoms with Gasteiger partial charge in [0.15, 0.2) is 0 Å². The van der Waals surface area contributed by atoms with E-state index in [1.165, 1.54) is 22.7 Å². The number of esters is 1. The Labute approximate surface area is 129 Å². The van der Waals surface area contributed by atoms with Gasteiger partial charge in [-0.1, -0.05) is 12.1 Å². The molecule has 1 aromatic carbocycles. The first-order valence-electron chi connectivity index (χ1n) is 6.63. The quantitative estimate of drug-likeness (QED) is 0.409. The van der Waals surface area contributed by atoms with Crippen LogP contribution in [0.15, 0.2) is 36.5 Å². The molecule has 0 amide bonds. The number of rotatable bonds is 4. The van der Waals surface area contributed by atoms with E-state index in [4.69, 9.17) is 4.74 Å². The van der Waals surface area contributed by atoms with Crippen LogP contribution in [-0.4, -0.2) is 30.5 Å². The lowest BCUT2D eigenvalue weighted by atomic mass is 10.2. The van der Waals surface area contributed by atoms with Crippen molar-refractivity contribution in [1.29, 1.82) is 0 Å². The highest BCUT2D eigenvalue weighted by Gasteiger charge is 2.16. The van der Waals surface area contributed by atoms with Gasteiger partial charge in [0, 0.05) is 24.0 Å². The summed E-state index contributed by atoms with van der Waals surface area (Å²) in [5.74, 6) is -0.536. The molecule has 0 atom stereocenters. The van der Waals surface area contributed by atoms with E-state index >= 15 is 0 Å². The maximum Gasteiger partial charge on any atom is 0.378 e. The van der Waals surface area contributed by atoms with E-state index in [9.17, 15) is 14.9 Å². The normalized spacial score (nSPS) is 10.7.